The van der Waals surface area contributed by atoms with Gasteiger partial charge in [0.25, 0.3) is 5.91 Å². The van der Waals surface area contributed by atoms with E-state index in [0.29, 0.717) is 13.0 Å². The molecule has 0 aliphatic carbocycles. The number of nitrogens with one attached hydrogen (secondary N) is 2. The maximum atomic E-state index is 12.5. The Morgan fingerprint density at radius 2 is 2.08 bits per heavy atom. The van der Waals surface area contributed by atoms with E-state index >= 15 is 0 Å². The van der Waals surface area contributed by atoms with Gasteiger partial charge in [-0.15, -0.1) is 0 Å². The molecule has 9 nitrogen and oxygen atoms in total. The fraction of sp³-hybridized carbons (Fsp3) is 0.812. The Bertz CT molecular complexity index is 491. The number of ether oxygens (including phenoxy) is 1. The van der Waals surface area contributed by atoms with E-state index in [2.05, 4.69) is 5.32 Å². The van der Waals surface area contributed by atoms with Gasteiger partial charge in [0.05, 0.1) is 7.11 Å². The van der Waals surface area contributed by atoms with Crippen LogP contribution < -0.4 is 11.1 Å². The monoisotopic (exact) mass is 357 g/mol. The number of amides is 2. The molecule has 25 heavy (non-hydrogen) atoms. The summed E-state index contributed by atoms with van der Waals surface area (Å²) < 4.78 is 5.25. The second-order valence-electron chi connectivity index (χ2n) is 7.29. The van der Waals surface area contributed by atoms with E-state index in [-0.39, 0.29) is 17.8 Å². The Labute approximate surface area is 149 Å². The number of alkyl carbamates (subject to hydrolysis) is 1. The highest BCUT2D eigenvalue weighted by Crippen LogP contribution is 2.22. The Morgan fingerprint density at radius 1 is 1.44 bits per heavy atom. The lowest BCUT2D eigenvalue weighted by atomic mass is 9.91. The van der Waals surface area contributed by atoms with Gasteiger partial charge < -0.3 is 20.7 Å². The minimum absolute atomic E-state index is 0.0293. The van der Waals surface area contributed by atoms with Gasteiger partial charge in [0, 0.05) is 20.1 Å². The smallest absolute Gasteiger partial charge is 0.408 e. The van der Waals surface area contributed by atoms with Gasteiger partial charge in [-0.05, 0) is 46.0 Å². The van der Waals surface area contributed by atoms with Gasteiger partial charge in [-0.2, -0.15) is 0 Å². The summed E-state index contributed by atoms with van der Waals surface area (Å²) in [6, 6.07) is -0.767. The van der Waals surface area contributed by atoms with Gasteiger partial charge in [0.15, 0.2) is 5.96 Å². The van der Waals surface area contributed by atoms with E-state index in [9.17, 15) is 9.59 Å². The van der Waals surface area contributed by atoms with Crippen molar-refractivity contribution in [3.05, 3.63) is 0 Å². The van der Waals surface area contributed by atoms with Crippen molar-refractivity contribution in [2.75, 3.05) is 27.2 Å². The van der Waals surface area contributed by atoms with Gasteiger partial charge in [0.1, 0.15) is 11.6 Å². The van der Waals surface area contributed by atoms with Gasteiger partial charge in [-0.1, -0.05) is 0 Å². The quantitative estimate of drug-likeness (QED) is 0.382. The predicted molar refractivity (Wildman–Crippen MR) is 93.8 cm³/mol. The number of piperidine rings is 1. The van der Waals surface area contributed by atoms with Gasteiger partial charge in [0.2, 0.25) is 0 Å². The first-order valence-corrected chi connectivity index (χ1v) is 8.43. The lowest BCUT2D eigenvalue weighted by Gasteiger charge is -2.35. The number of carbonyl (C=O) groups excluding carboxylic acids is 2. The average Bonchev–Trinajstić information content (AvgIpc) is 2.51. The Hall–Kier alpha value is -2.03. The summed E-state index contributed by atoms with van der Waals surface area (Å²) in [4.78, 5) is 31.3. The lowest BCUT2D eigenvalue weighted by Crippen LogP contribution is -2.51. The molecule has 1 saturated heterocycles. The maximum absolute atomic E-state index is 12.5. The molecular weight excluding hydrogens is 326 g/mol. The van der Waals surface area contributed by atoms with Crippen molar-refractivity contribution in [3.8, 4) is 0 Å². The molecule has 0 aromatic heterocycles. The van der Waals surface area contributed by atoms with Crippen LogP contribution in [0.2, 0.25) is 0 Å². The van der Waals surface area contributed by atoms with E-state index in [1.807, 2.05) is 0 Å². The van der Waals surface area contributed by atoms with Crippen molar-refractivity contribution in [3.63, 3.8) is 0 Å². The van der Waals surface area contributed by atoms with Crippen molar-refractivity contribution in [1.29, 1.82) is 5.41 Å². The van der Waals surface area contributed by atoms with Crippen LogP contribution in [0.3, 0.4) is 0 Å². The maximum Gasteiger partial charge on any atom is 0.408 e. The molecule has 1 heterocycles. The summed E-state index contributed by atoms with van der Waals surface area (Å²) in [5, 5.41) is 11.3. The van der Waals surface area contributed by atoms with Crippen molar-refractivity contribution >= 4 is 18.0 Å². The number of likely N-dealkylation sites (tertiary alicyclic amines) is 1. The third kappa shape index (κ3) is 7.16. The first-order valence-electron chi connectivity index (χ1n) is 8.43. The van der Waals surface area contributed by atoms with Crippen LogP contribution in [-0.4, -0.2) is 66.8 Å². The first kappa shape index (κ1) is 21.0. The van der Waals surface area contributed by atoms with E-state index in [0.717, 1.165) is 24.4 Å². The van der Waals surface area contributed by atoms with E-state index in [4.69, 9.17) is 20.7 Å². The molecule has 1 aliphatic heterocycles. The number of hydrogen-bond acceptors (Lipinski definition) is 5. The summed E-state index contributed by atoms with van der Waals surface area (Å²) in [5.41, 5.74) is 4.91. The predicted octanol–water partition coefficient (Wildman–Crippen LogP) is 0.895. The van der Waals surface area contributed by atoms with Crippen molar-refractivity contribution < 1.29 is 19.2 Å². The second kappa shape index (κ2) is 8.89. The van der Waals surface area contributed by atoms with Crippen LogP contribution in [0.4, 0.5) is 4.79 Å². The molecule has 4 N–H and O–H groups in total. The van der Waals surface area contributed by atoms with Crippen LogP contribution in [0.5, 0.6) is 0 Å². The zero-order valence-electron chi connectivity index (χ0n) is 15.8. The van der Waals surface area contributed by atoms with Gasteiger partial charge in [-0.3, -0.25) is 15.0 Å². The molecule has 0 radical (unpaired) electrons. The number of rotatable bonds is 5. The number of likely N-dealkylation sites (N-methyl/N-ethyl adjacent to an activating group) is 1. The molecule has 0 aromatic carbocycles. The molecule has 2 atom stereocenters. The van der Waals surface area contributed by atoms with Crippen LogP contribution in [0.25, 0.3) is 0 Å². The Morgan fingerprint density at radius 3 is 2.60 bits per heavy atom. The van der Waals surface area contributed by atoms with Crippen molar-refractivity contribution in [2.45, 2.75) is 51.7 Å². The molecule has 9 heteroatoms. The van der Waals surface area contributed by atoms with Crippen molar-refractivity contribution in [1.82, 2.24) is 15.3 Å². The zero-order valence-corrected chi connectivity index (χ0v) is 15.8. The Kier molecular flexibility index (Phi) is 7.47. The molecule has 0 aromatic rings. The highest BCUT2D eigenvalue weighted by molar-refractivity contribution is 5.85. The number of carbonyl (C=O) groups is 2. The third-order valence-corrected chi connectivity index (χ3v) is 4.00. The normalized spacial score (nSPS) is 19.1. The van der Waals surface area contributed by atoms with Gasteiger partial charge >= 0.3 is 6.09 Å². The average molecular weight is 357 g/mol. The molecule has 1 unspecified atom stereocenters. The number of guanidine groups is 1. The largest absolute Gasteiger partial charge is 0.444 e. The molecule has 1 fully saturated rings. The molecule has 1 rings (SSSR count). The third-order valence-electron chi connectivity index (χ3n) is 4.00. The number of hydroxylamine groups is 2. The molecule has 0 bridgehead atoms. The van der Waals surface area contributed by atoms with Crippen LogP contribution in [0, 0.1) is 11.3 Å². The number of hydrogen-bond donors (Lipinski definition) is 3. The first-order chi connectivity index (χ1) is 11.5. The minimum Gasteiger partial charge on any atom is -0.444 e. The highest BCUT2D eigenvalue weighted by atomic mass is 16.7. The molecule has 1 aliphatic rings. The molecule has 2 amide bonds. The van der Waals surface area contributed by atoms with Gasteiger partial charge in [-0.25, -0.2) is 9.86 Å². The summed E-state index contributed by atoms with van der Waals surface area (Å²) in [6.07, 6.45) is 1.57. The minimum atomic E-state index is -0.767. The zero-order chi connectivity index (χ0) is 19.2. The summed E-state index contributed by atoms with van der Waals surface area (Å²) in [7, 11) is 2.88. The lowest BCUT2D eigenvalue weighted by molar-refractivity contribution is -0.171. The van der Waals surface area contributed by atoms with E-state index in [1.165, 1.54) is 14.2 Å². The molecule has 0 spiro atoms. The highest BCUT2D eigenvalue weighted by Gasteiger charge is 2.31. The SMILES string of the molecule is CON(C)C(=O)[C@H](CC1CCCN(C(=N)N)C1)NC(=O)OC(C)(C)C. The second-order valence-corrected chi connectivity index (χ2v) is 7.29. The van der Waals surface area contributed by atoms with Crippen LogP contribution in [0.15, 0.2) is 0 Å². The fourth-order valence-electron chi connectivity index (χ4n) is 2.79. The topological polar surface area (TPSA) is 121 Å². The van der Waals surface area contributed by atoms with Crippen molar-refractivity contribution in [2.24, 2.45) is 11.7 Å². The molecule has 144 valence electrons. The number of nitrogens with two attached hydrogens (primary N) is 1. The number of nitrogens with zero attached hydrogens (tertiary/aromatic N) is 2. The van der Waals surface area contributed by atoms with Crippen LogP contribution in [0.1, 0.15) is 40.0 Å². The molecule has 0 saturated carbocycles. The van der Waals surface area contributed by atoms with E-state index in [1.54, 1.807) is 25.7 Å². The fourth-order valence-corrected chi connectivity index (χ4v) is 2.79. The molecular formula is C16H31N5O4. The summed E-state index contributed by atoms with van der Waals surface area (Å²) >= 11 is 0. The van der Waals surface area contributed by atoms with Crippen LogP contribution >= 0.6 is 0 Å². The van der Waals surface area contributed by atoms with Crippen LogP contribution in [-0.2, 0) is 14.4 Å². The summed E-state index contributed by atoms with van der Waals surface area (Å²) in [5.74, 6) is -0.193. The summed E-state index contributed by atoms with van der Waals surface area (Å²) in [6.45, 7) is 6.61. The standard InChI is InChI=1S/C16H31N5O4/c1-16(2,3)25-15(23)19-12(13(22)20(4)24-5)9-11-7-6-8-21(10-11)14(17)18/h11-12H,6-10H2,1-5H3,(H3,17,18)(H,19,23)/t11?,12-/m0/s1. The Balaban J connectivity index is 2.78. The van der Waals surface area contributed by atoms with E-state index < -0.39 is 17.7 Å².